The van der Waals surface area contributed by atoms with Gasteiger partial charge < -0.3 is 54.4 Å². The van der Waals surface area contributed by atoms with Crippen molar-refractivity contribution >= 4 is 70.5 Å². The number of carbonyl (C=O) groups excluding carboxylic acids is 8. The second-order valence-electron chi connectivity index (χ2n) is 13.0. The third kappa shape index (κ3) is 21.8. The van der Waals surface area contributed by atoms with Crippen molar-refractivity contribution in [2.75, 3.05) is 45.8 Å². The normalized spacial score (nSPS) is 22.3. The maximum absolute atomic E-state index is 12.3. The van der Waals surface area contributed by atoms with Crippen LogP contribution < -0.4 is 49.5 Å². The first-order chi connectivity index (χ1) is 26.4. The molecule has 3 amide bonds. The summed E-state index contributed by atoms with van der Waals surface area (Å²) in [5.41, 5.74) is 20.9. The number of aliphatic imine (C=N–C) groups is 2. The quantitative estimate of drug-likeness (QED) is 0.0500. The van der Waals surface area contributed by atoms with Crippen molar-refractivity contribution in [1.29, 1.82) is 0 Å². The van der Waals surface area contributed by atoms with Crippen LogP contribution in [0.2, 0.25) is 0 Å². The number of hydrogen-bond acceptors (Lipinski definition) is 14. The SMILES string of the molecule is NC(N)=NCCC[C@@H]1NC(=O)CNCC(=O)[C@H](CC(=O)O)CC(=O)CNC1=O.NC(N)=NCCC[C@@H]1NCC(=O)CCC(=O)[C@H](CC(=O)O)CC(=O)CNC1=O. The molecule has 4 atom stereocenters. The van der Waals surface area contributed by atoms with Crippen LogP contribution in [0.15, 0.2) is 9.98 Å². The molecule has 0 aromatic carbocycles. The molecule has 0 unspecified atom stereocenters. The third-order valence-electron chi connectivity index (χ3n) is 8.26. The number of guanidine groups is 2. The van der Waals surface area contributed by atoms with Crippen molar-refractivity contribution in [3.8, 4) is 0 Å². The fraction of sp³-hybridized carbons (Fsp3) is 0.636. The number of Topliss-reactive ketones (excluding diaryl/α,β-unsaturated/α-hetero) is 5. The van der Waals surface area contributed by atoms with Crippen LogP contribution in [0, 0.1) is 11.8 Å². The number of ketones is 5. The molecule has 0 spiro atoms. The van der Waals surface area contributed by atoms with Gasteiger partial charge in [-0.3, -0.25) is 63.2 Å². The number of amides is 3. The zero-order valence-corrected chi connectivity index (χ0v) is 31.0. The molecule has 23 nitrogen and oxygen atoms in total. The van der Waals surface area contributed by atoms with Crippen molar-refractivity contribution in [1.82, 2.24) is 26.6 Å². The van der Waals surface area contributed by atoms with Gasteiger partial charge in [0.15, 0.2) is 29.3 Å². The van der Waals surface area contributed by atoms with E-state index < -0.39 is 89.6 Å². The highest BCUT2D eigenvalue weighted by Gasteiger charge is 2.28. The van der Waals surface area contributed by atoms with Crippen LogP contribution in [0.25, 0.3) is 0 Å². The number of aliphatic carboxylic acids is 2. The van der Waals surface area contributed by atoms with Gasteiger partial charge in [-0.25, -0.2) is 0 Å². The largest absolute Gasteiger partial charge is 0.481 e. The molecule has 2 aliphatic rings. The van der Waals surface area contributed by atoms with Gasteiger partial charge in [0.05, 0.1) is 51.6 Å². The van der Waals surface area contributed by atoms with Crippen LogP contribution in [0.1, 0.15) is 64.2 Å². The van der Waals surface area contributed by atoms with E-state index in [1.165, 1.54) is 0 Å². The van der Waals surface area contributed by atoms with Crippen molar-refractivity contribution in [2.45, 2.75) is 76.3 Å². The first-order valence-corrected chi connectivity index (χ1v) is 17.8. The van der Waals surface area contributed by atoms with Crippen LogP contribution in [-0.2, 0) is 47.9 Å². The fourth-order valence-corrected chi connectivity index (χ4v) is 5.42. The fourth-order valence-electron chi connectivity index (χ4n) is 5.42. The molecular formula is C33H53N11O12. The first-order valence-electron chi connectivity index (χ1n) is 17.8. The highest BCUT2D eigenvalue weighted by atomic mass is 16.4. The topological polar surface area (TPSA) is 400 Å². The molecule has 0 aromatic heterocycles. The average molecular weight is 796 g/mol. The Bertz CT molecular complexity index is 1510. The summed E-state index contributed by atoms with van der Waals surface area (Å²) in [5.74, 6) is -8.25. The molecule has 0 saturated carbocycles. The Hall–Kier alpha value is -5.84. The maximum Gasteiger partial charge on any atom is 0.304 e. The lowest BCUT2D eigenvalue weighted by Gasteiger charge is -2.18. The van der Waals surface area contributed by atoms with E-state index in [2.05, 4.69) is 36.6 Å². The summed E-state index contributed by atoms with van der Waals surface area (Å²) in [5, 5.41) is 30.7. The second kappa shape index (κ2) is 26.0. The lowest BCUT2D eigenvalue weighted by molar-refractivity contribution is -0.142. The summed E-state index contributed by atoms with van der Waals surface area (Å²) in [7, 11) is 0. The predicted octanol–water partition coefficient (Wildman–Crippen LogP) is -5.04. The zero-order chi connectivity index (χ0) is 42.2. The van der Waals surface area contributed by atoms with Gasteiger partial charge in [0.25, 0.3) is 0 Å². The highest BCUT2D eigenvalue weighted by Crippen LogP contribution is 2.15. The van der Waals surface area contributed by atoms with E-state index in [-0.39, 0.29) is 89.1 Å². The molecule has 0 aromatic rings. The number of nitrogens with one attached hydrogen (secondary N) is 5. The lowest BCUT2D eigenvalue weighted by Crippen LogP contribution is -2.49. The number of rotatable bonds is 12. The van der Waals surface area contributed by atoms with E-state index in [0.29, 0.717) is 25.8 Å². The van der Waals surface area contributed by atoms with Crippen molar-refractivity contribution in [2.24, 2.45) is 44.8 Å². The Morgan fingerprint density at radius 3 is 1.59 bits per heavy atom. The van der Waals surface area contributed by atoms with Crippen LogP contribution in [0.3, 0.4) is 0 Å². The number of hydrogen-bond donors (Lipinski definition) is 11. The van der Waals surface area contributed by atoms with Crippen molar-refractivity contribution < 1.29 is 58.2 Å². The van der Waals surface area contributed by atoms with Gasteiger partial charge in [0, 0.05) is 50.6 Å². The summed E-state index contributed by atoms with van der Waals surface area (Å²) in [6, 6.07) is -1.63. The number of nitrogens with zero attached hydrogens (tertiary/aromatic N) is 2. The van der Waals surface area contributed by atoms with Crippen LogP contribution in [0.5, 0.6) is 0 Å². The molecule has 2 heterocycles. The molecule has 2 fully saturated rings. The molecular weight excluding hydrogens is 742 g/mol. The minimum Gasteiger partial charge on any atom is -0.481 e. The Morgan fingerprint density at radius 2 is 1.09 bits per heavy atom. The molecule has 23 heteroatoms. The Balaban J connectivity index is 0.000000560. The summed E-state index contributed by atoms with van der Waals surface area (Å²) in [4.78, 5) is 127. The first kappa shape index (κ1) is 48.2. The van der Waals surface area contributed by atoms with Crippen LogP contribution in [-0.4, -0.2) is 139 Å². The van der Waals surface area contributed by atoms with Crippen LogP contribution >= 0.6 is 0 Å². The minimum absolute atomic E-state index is 0.0614. The van der Waals surface area contributed by atoms with Gasteiger partial charge in [0.2, 0.25) is 17.7 Å². The van der Waals surface area contributed by atoms with E-state index >= 15 is 0 Å². The molecule has 2 saturated heterocycles. The minimum atomic E-state index is -1.21. The van der Waals surface area contributed by atoms with Crippen LogP contribution in [0.4, 0.5) is 0 Å². The molecule has 2 aliphatic heterocycles. The van der Waals surface area contributed by atoms with Gasteiger partial charge >= 0.3 is 11.9 Å². The molecule has 0 radical (unpaired) electrons. The van der Waals surface area contributed by atoms with E-state index in [0.717, 1.165) is 0 Å². The van der Waals surface area contributed by atoms with Crippen molar-refractivity contribution in [3.05, 3.63) is 0 Å². The van der Waals surface area contributed by atoms with Crippen molar-refractivity contribution in [3.63, 3.8) is 0 Å². The lowest BCUT2D eigenvalue weighted by atomic mass is 9.91. The monoisotopic (exact) mass is 795 g/mol. The van der Waals surface area contributed by atoms with Gasteiger partial charge in [-0.15, -0.1) is 0 Å². The Labute approximate surface area is 322 Å². The van der Waals surface area contributed by atoms with Gasteiger partial charge in [-0.05, 0) is 25.7 Å². The summed E-state index contributed by atoms with van der Waals surface area (Å²) < 4.78 is 0. The smallest absolute Gasteiger partial charge is 0.304 e. The molecule has 2 rings (SSSR count). The van der Waals surface area contributed by atoms with E-state index in [1.807, 2.05) is 0 Å². The van der Waals surface area contributed by atoms with Gasteiger partial charge in [-0.1, -0.05) is 0 Å². The molecule has 312 valence electrons. The Kier molecular flexibility index (Phi) is 22.4. The molecule has 0 aliphatic carbocycles. The number of nitrogens with two attached hydrogens (primary N) is 4. The summed E-state index contributed by atoms with van der Waals surface area (Å²) in [6.07, 6.45) is -0.334. The van der Waals surface area contributed by atoms with Gasteiger partial charge in [0.1, 0.15) is 17.6 Å². The number of carboxylic acid groups (broad SMARTS) is 2. The van der Waals surface area contributed by atoms with E-state index in [4.69, 9.17) is 33.1 Å². The standard InChI is InChI=1S/C17H27N5O6.C16H26N6O6/c18-17(19)20-5-1-2-13-16(28)22-9-12(24)6-10(7-15(26)27)14(25)4-3-11(23)8-21-13;17-16(18)20-3-1-2-11-15(28)21-6-10(23)4-9(5-14(26)27)12(24)7-19-8-13(25)22-11/h10,13,21H,1-9H2,(H,22,28)(H,26,27)(H4,18,19,20);9,11,19H,1-8H2,(H,21,28)(H,22,25)(H,26,27)(H4,17,18,20)/t10-,13-;9-,11-/m00/s1. The summed E-state index contributed by atoms with van der Waals surface area (Å²) in [6.45, 7) is -0.716. The van der Waals surface area contributed by atoms with E-state index in [1.54, 1.807) is 0 Å². The predicted molar refractivity (Wildman–Crippen MR) is 197 cm³/mol. The molecule has 0 bridgehead atoms. The van der Waals surface area contributed by atoms with E-state index in [9.17, 15) is 47.9 Å². The zero-order valence-electron chi connectivity index (χ0n) is 31.0. The maximum atomic E-state index is 12.3. The second-order valence-corrected chi connectivity index (χ2v) is 13.0. The number of carboxylic acids is 2. The summed E-state index contributed by atoms with van der Waals surface area (Å²) >= 11 is 0. The number of carbonyl (C=O) groups is 10. The molecule has 15 N–H and O–H groups in total. The van der Waals surface area contributed by atoms with Gasteiger partial charge in [-0.2, -0.15) is 0 Å². The average Bonchev–Trinajstić information content (AvgIpc) is 3.12. The Morgan fingerprint density at radius 1 is 0.607 bits per heavy atom. The highest BCUT2D eigenvalue weighted by molar-refractivity contribution is 5.96. The molecule has 56 heavy (non-hydrogen) atoms. The third-order valence-corrected chi connectivity index (χ3v) is 8.26.